The monoisotopic (exact) mass is 264 g/mol. The smallest absolute Gasteiger partial charge is 0.106 e. The molecule has 1 aromatic rings. The highest BCUT2D eigenvalue weighted by Gasteiger charge is 2.26. The number of piperidine rings is 1. The van der Waals surface area contributed by atoms with E-state index in [1.807, 2.05) is 12.1 Å². The number of hydrogen-bond acceptors (Lipinski definition) is 3. The van der Waals surface area contributed by atoms with Gasteiger partial charge in [-0.25, -0.2) is 0 Å². The molecule has 3 N–H and O–H groups in total. The highest BCUT2D eigenvalue weighted by Crippen LogP contribution is 2.29. The van der Waals surface area contributed by atoms with Gasteiger partial charge in [-0.3, -0.25) is 0 Å². The molecule has 2 atom stereocenters. The van der Waals surface area contributed by atoms with Crippen molar-refractivity contribution < 1.29 is 5.11 Å². The van der Waals surface area contributed by atoms with Gasteiger partial charge in [0.25, 0.3) is 0 Å². The van der Waals surface area contributed by atoms with Crippen LogP contribution in [0.15, 0.2) is 18.2 Å². The van der Waals surface area contributed by atoms with Gasteiger partial charge >= 0.3 is 0 Å². The van der Waals surface area contributed by atoms with Crippen LogP contribution in [0.4, 0.5) is 5.69 Å². The van der Waals surface area contributed by atoms with Crippen LogP contribution in [0.25, 0.3) is 0 Å². The van der Waals surface area contributed by atoms with Crippen molar-refractivity contribution in [2.45, 2.75) is 26.4 Å². The number of aliphatic hydroxyl groups is 1. The summed E-state index contributed by atoms with van der Waals surface area (Å²) >= 11 is 5.12. The second-order valence-corrected chi connectivity index (χ2v) is 5.55. The Hall–Kier alpha value is -1.13. The van der Waals surface area contributed by atoms with Gasteiger partial charge in [0.1, 0.15) is 4.99 Å². The van der Waals surface area contributed by atoms with Crippen molar-refractivity contribution in [1.82, 2.24) is 0 Å². The standard InChI is InChI=1S/C14H20N2OS/c1-9-6-7-16(8-12(9)17)13-10(2)4-3-5-11(13)14(15)18/h3-5,9,12,17H,6-8H2,1-2H3,(H2,15,18). The average molecular weight is 264 g/mol. The lowest BCUT2D eigenvalue weighted by atomic mass is 9.94. The molecule has 1 aliphatic heterocycles. The predicted molar refractivity (Wildman–Crippen MR) is 79.1 cm³/mol. The highest BCUT2D eigenvalue weighted by molar-refractivity contribution is 7.80. The molecule has 0 amide bonds. The molecule has 2 unspecified atom stereocenters. The minimum Gasteiger partial charge on any atom is -0.391 e. The SMILES string of the molecule is Cc1cccc(C(N)=S)c1N1CCC(C)C(O)C1. The van der Waals surface area contributed by atoms with E-state index in [4.69, 9.17) is 18.0 Å². The summed E-state index contributed by atoms with van der Waals surface area (Å²) in [6.07, 6.45) is 0.712. The third-order valence-electron chi connectivity index (χ3n) is 3.74. The van der Waals surface area contributed by atoms with Crippen LogP contribution in [-0.4, -0.2) is 29.3 Å². The number of aryl methyl sites for hydroxylation is 1. The second-order valence-electron chi connectivity index (χ2n) is 5.11. The van der Waals surface area contributed by atoms with Gasteiger partial charge in [-0.05, 0) is 30.9 Å². The molecule has 3 nitrogen and oxygen atoms in total. The summed E-state index contributed by atoms with van der Waals surface area (Å²) in [6, 6.07) is 5.98. The first-order valence-electron chi connectivity index (χ1n) is 6.33. The van der Waals surface area contributed by atoms with Gasteiger partial charge in [-0.1, -0.05) is 31.3 Å². The number of β-amino-alcohol motifs (C(OH)–C–C–N with tert-alkyl or cyclic N) is 1. The zero-order valence-electron chi connectivity index (χ0n) is 10.9. The number of benzene rings is 1. The lowest BCUT2D eigenvalue weighted by Crippen LogP contribution is -2.43. The predicted octanol–water partition coefficient (Wildman–Crippen LogP) is 1.84. The van der Waals surface area contributed by atoms with Crippen molar-refractivity contribution in [1.29, 1.82) is 0 Å². The molecule has 0 aliphatic carbocycles. The van der Waals surface area contributed by atoms with Gasteiger partial charge < -0.3 is 15.7 Å². The van der Waals surface area contributed by atoms with Gasteiger partial charge in [0.05, 0.1) is 6.10 Å². The van der Waals surface area contributed by atoms with Crippen LogP contribution in [0.5, 0.6) is 0 Å². The number of para-hydroxylation sites is 1. The molecule has 0 bridgehead atoms. The fraction of sp³-hybridized carbons (Fsp3) is 0.500. The van der Waals surface area contributed by atoms with Crippen LogP contribution in [0, 0.1) is 12.8 Å². The van der Waals surface area contributed by atoms with E-state index in [0.717, 1.165) is 29.8 Å². The molecular formula is C14H20N2OS. The van der Waals surface area contributed by atoms with Crippen molar-refractivity contribution in [3.05, 3.63) is 29.3 Å². The fourth-order valence-corrected chi connectivity index (χ4v) is 2.69. The van der Waals surface area contributed by atoms with Crippen LogP contribution in [0.3, 0.4) is 0 Å². The summed E-state index contributed by atoms with van der Waals surface area (Å²) in [6.45, 7) is 5.75. The molecule has 1 aliphatic rings. The molecule has 0 saturated carbocycles. The van der Waals surface area contributed by atoms with Crippen molar-refractivity contribution in [2.75, 3.05) is 18.0 Å². The molecule has 0 aromatic heterocycles. The van der Waals surface area contributed by atoms with E-state index in [1.165, 1.54) is 0 Å². The van der Waals surface area contributed by atoms with Gasteiger partial charge in [0.2, 0.25) is 0 Å². The molecule has 1 heterocycles. The molecule has 18 heavy (non-hydrogen) atoms. The number of hydrogen-bond donors (Lipinski definition) is 2. The fourth-order valence-electron chi connectivity index (χ4n) is 2.53. The molecular weight excluding hydrogens is 244 g/mol. The number of nitrogens with two attached hydrogens (primary N) is 1. The first kappa shape index (κ1) is 13.3. The van der Waals surface area contributed by atoms with Gasteiger partial charge in [0, 0.05) is 24.3 Å². The Kier molecular flexibility index (Phi) is 3.88. The number of anilines is 1. The van der Waals surface area contributed by atoms with Crippen molar-refractivity contribution >= 4 is 22.9 Å². The van der Waals surface area contributed by atoms with Gasteiger partial charge in [-0.2, -0.15) is 0 Å². The zero-order valence-corrected chi connectivity index (χ0v) is 11.7. The molecule has 1 saturated heterocycles. The van der Waals surface area contributed by atoms with Crippen LogP contribution >= 0.6 is 12.2 Å². The summed E-state index contributed by atoms with van der Waals surface area (Å²) in [5.74, 6) is 0.360. The molecule has 0 spiro atoms. The Balaban J connectivity index is 2.36. The third kappa shape index (κ3) is 2.49. The average Bonchev–Trinajstić information content (AvgIpc) is 2.32. The second kappa shape index (κ2) is 5.24. The lowest BCUT2D eigenvalue weighted by molar-refractivity contribution is 0.103. The van der Waals surface area contributed by atoms with Crippen LogP contribution in [-0.2, 0) is 0 Å². The van der Waals surface area contributed by atoms with E-state index >= 15 is 0 Å². The Bertz CT molecular complexity index is 461. The van der Waals surface area contributed by atoms with Crippen molar-refractivity contribution in [3.8, 4) is 0 Å². The Labute approximate surface area is 114 Å². The topological polar surface area (TPSA) is 49.5 Å². The minimum absolute atomic E-state index is 0.280. The molecule has 98 valence electrons. The maximum absolute atomic E-state index is 10.0. The first-order valence-corrected chi connectivity index (χ1v) is 6.74. The summed E-state index contributed by atoms with van der Waals surface area (Å²) in [4.78, 5) is 2.62. The number of aliphatic hydroxyl groups excluding tert-OH is 1. The maximum atomic E-state index is 10.0. The molecule has 1 fully saturated rings. The maximum Gasteiger partial charge on any atom is 0.106 e. The van der Waals surface area contributed by atoms with Crippen molar-refractivity contribution in [2.24, 2.45) is 11.7 Å². The number of nitrogens with zero attached hydrogens (tertiary/aromatic N) is 1. The van der Waals surface area contributed by atoms with Crippen LogP contribution < -0.4 is 10.6 Å². The summed E-state index contributed by atoms with van der Waals surface area (Å²) in [7, 11) is 0. The molecule has 2 rings (SSSR count). The number of rotatable bonds is 2. The zero-order chi connectivity index (χ0) is 13.3. The Morgan fingerprint density at radius 2 is 2.22 bits per heavy atom. The summed E-state index contributed by atoms with van der Waals surface area (Å²) in [5, 5.41) is 10.0. The van der Waals surface area contributed by atoms with Crippen LogP contribution in [0.2, 0.25) is 0 Å². The molecule has 1 aromatic carbocycles. The van der Waals surface area contributed by atoms with Crippen LogP contribution in [0.1, 0.15) is 24.5 Å². The summed E-state index contributed by atoms with van der Waals surface area (Å²) < 4.78 is 0. The van der Waals surface area contributed by atoms with E-state index < -0.39 is 0 Å². The number of thiocarbonyl (C=S) groups is 1. The van der Waals surface area contributed by atoms with E-state index in [9.17, 15) is 5.11 Å². The Morgan fingerprint density at radius 3 is 2.83 bits per heavy atom. The van der Waals surface area contributed by atoms with E-state index in [0.29, 0.717) is 17.5 Å². The quantitative estimate of drug-likeness (QED) is 0.800. The highest BCUT2D eigenvalue weighted by atomic mass is 32.1. The van der Waals surface area contributed by atoms with Crippen molar-refractivity contribution in [3.63, 3.8) is 0 Å². The minimum atomic E-state index is -0.280. The van der Waals surface area contributed by atoms with E-state index in [1.54, 1.807) is 0 Å². The largest absolute Gasteiger partial charge is 0.391 e. The third-order valence-corrected chi connectivity index (χ3v) is 3.96. The molecule has 4 heteroatoms. The first-order chi connectivity index (χ1) is 8.50. The Morgan fingerprint density at radius 1 is 1.50 bits per heavy atom. The van der Waals surface area contributed by atoms with Gasteiger partial charge in [-0.15, -0.1) is 0 Å². The van der Waals surface area contributed by atoms with E-state index in [2.05, 4.69) is 24.8 Å². The summed E-state index contributed by atoms with van der Waals surface area (Å²) in [5.41, 5.74) is 8.94. The van der Waals surface area contributed by atoms with Gasteiger partial charge in [0.15, 0.2) is 0 Å². The normalized spacial score (nSPS) is 24.1. The lowest BCUT2D eigenvalue weighted by Gasteiger charge is -2.37. The molecule has 0 radical (unpaired) electrons. The van der Waals surface area contributed by atoms with E-state index in [-0.39, 0.29) is 6.10 Å².